The maximum atomic E-state index is 12.9. The van der Waals surface area contributed by atoms with Crippen LogP contribution in [0, 0.1) is 0 Å². The molecule has 8 heteroatoms. The number of nitrogens with zero attached hydrogens (tertiary/aromatic N) is 4. The second-order valence-electron chi connectivity index (χ2n) is 7.19. The van der Waals surface area contributed by atoms with E-state index in [1.54, 1.807) is 34.0 Å². The first-order chi connectivity index (χ1) is 13.0. The highest BCUT2D eigenvalue weighted by Crippen LogP contribution is 2.52. The molecule has 0 bridgehead atoms. The maximum Gasteiger partial charge on any atom is 0.254 e. The van der Waals surface area contributed by atoms with E-state index in [9.17, 15) is 9.59 Å². The SMILES string of the molecule is O=C(CN1CC2(CC2)c2cc(Br)ccc2C1=O)Nc1ccc2nncn2c1. The lowest BCUT2D eigenvalue weighted by Crippen LogP contribution is -2.46. The molecule has 136 valence electrons. The van der Waals surface area contributed by atoms with E-state index in [2.05, 4.69) is 31.4 Å². The highest BCUT2D eigenvalue weighted by Gasteiger charge is 2.51. The second kappa shape index (κ2) is 5.88. The van der Waals surface area contributed by atoms with Gasteiger partial charge < -0.3 is 10.2 Å². The number of carbonyl (C=O) groups is 2. The molecule has 0 atom stereocenters. The minimum absolute atomic E-state index is 0.00862. The molecule has 0 saturated heterocycles. The standard InChI is InChI=1S/C19H16BrN5O2/c20-12-1-3-14-15(7-12)19(5-6-19)10-24(18(14)27)9-17(26)22-13-2-4-16-23-21-11-25(16)8-13/h1-4,7-8,11H,5-6,9-10H2,(H,22,26). The van der Waals surface area contributed by atoms with E-state index in [1.807, 2.05) is 18.2 Å². The summed E-state index contributed by atoms with van der Waals surface area (Å²) < 4.78 is 2.71. The van der Waals surface area contributed by atoms with E-state index < -0.39 is 0 Å². The number of pyridine rings is 1. The lowest BCUT2D eigenvalue weighted by Gasteiger charge is -2.34. The van der Waals surface area contributed by atoms with Gasteiger partial charge in [-0.25, -0.2) is 0 Å². The van der Waals surface area contributed by atoms with Crippen LogP contribution in [0.5, 0.6) is 0 Å². The number of benzene rings is 1. The number of hydrogen-bond acceptors (Lipinski definition) is 4. The number of hydrogen-bond donors (Lipinski definition) is 1. The summed E-state index contributed by atoms with van der Waals surface area (Å²) >= 11 is 3.50. The number of amides is 2. The zero-order valence-electron chi connectivity index (χ0n) is 14.4. The van der Waals surface area contributed by atoms with Crippen LogP contribution in [0.2, 0.25) is 0 Å². The molecule has 1 spiro atoms. The number of rotatable bonds is 3. The smallest absolute Gasteiger partial charge is 0.254 e. The van der Waals surface area contributed by atoms with Gasteiger partial charge in [0.05, 0.1) is 5.69 Å². The normalized spacial score (nSPS) is 17.2. The Bertz CT molecular complexity index is 1090. The van der Waals surface area contributed by atoms with Crippen LogP contribution in [0.1, 0.15) is 28.8 Å². The molecule has 3 aromatic rings. The fraction of sp³-hybridized carbons (Fsp3) is 0.263. The summed E-state index contributed by atoms with van der Waals surface area (Å²) in [4.78, 5) is 27.1. The van der Waals surface area contributed by atoms with Gasteiger partial charge in [0.1, 0.15) is 12.9 Å². The van der Waals surface area contributed by atoms with Crippen molar-refractivity contribution in [1.82, 2.24) is 19.5 Å². The third kappa shape index (κ3) is 2.80. The molecule has 0 unspecified atom stereocenters. The van der Waals surface area contributed by atoms with Crippen LogP contribution in [0.15, 0.2) is 47.3 Å². The van der Waals surface area contributed by atoms with Crippen LogP contribution in [-0.4, -0.2) is 44.4 Å². The summed E-state index contributed by atoms with van der Waals surface area (Å²) in [6.07, 6.45) is 5.42. The largest absolute Gasteiger partial charge is 0.328 e. The van der Waals surface area contributed by atoms with Gasteiger partial charge in [0.25, 0.3) is 5.91 Å². The Morgan fingerprint density at radius 1 is 1.26 bits per heavy atom. The topological polar surface area (TPSA) is 79.6 Å². The molecule has 2 aliphatic rings. The predicted molar refractivity (Wildman–Crippen MR) is 103 cm³/mol. The Kier molecular flexibility index (Phi) is 3.58. The zero-order chi connectivity index (χ0) is 18.6. The molecular formula is C19H16BrN5O2. The Hall–Kier alpha value is -2.74. The lowest BCUT2D eigenvalue weighted by atomic mass is 9.86. The van der Waals surface area contributed by atoms with E-state index in [1.165, 1.54) is 0 Å². The number of anilines is 1. The van der Waals surface area contributed by atoms with Crippen molar-refractivity contribution < 1.29 is 9.59 Å². The van der Waals surface area contributed by atoms with Gasteiger partial charge in [-0.1, -0.05) is 15.9 Å². The van der Waals surface area contributed by atoms with Crippen molar-refractivity contribution in [2.45, 2.75) is 18.3 Å². The first-order valence-electron chi connectivity index (χ1n) is 8.73. The Labute approximate surface area is 163 Å². The first-order valence-corrected chi connectivity index (χ1v) is 9.52. The summed E-state index contributed by atoms with van der Waals surface area (Å²) in [6, 6.07) is 9.33. The minimum atomic E-state index is -0.216. The Balaban J connectivity index is 1.35. The highest BCUT2D eigenvalue weighted by molar-refractivity contribution is 9.10. The van der Waals surface area contributed by atoms with Gasteiger partial charge in [0.2, 0.25) is 5.91 Å². The monoisotopic (exact) mass is 425 g/mol. The van der Waals surface area contributed by atoms with Gasteiger partial charge in [-0.05, 0) is 48.7 Å². The van der Waals surface area contributed by atoms with Crippen molar-refractivity contribution >= 4 is 39.1 Å². The molecule has 3 heterocycles. The Morgan fingerprint density at radius 2 is 2.11 bits per heavy atom. The minimum Gasteiger partial charge on any atom is -0.328 e. The summed E-state index contributed by atoms with van der Waals surface area (Å²) in [6.45, 7) is 0.628. The van der Waals surface area contributed by atoms with E-state index >= 15 is 0 Å². The number of aromatic nitrogens is 3. The van der Waals surface area contributed by atoms with Gasteiger partial charge in [0, 0.05) is 28.2 Å². The van der Waals surface area contributed by atoms with Crippen molar-refractivity contribution in [3.63, 3.8) is 0 Å². The molecule has 0 radical (unpaired) electrons. The third-order valence-corrected chi connectivity index (χ3v) is 5.82. The molecule has 27 heavy (non-hydrogen) atoms. The van der Waals surface area contributed by atoms with Gasteiger partial charge in [-0.2, -0.15) is 0 Å². The van der Waals surface area contributed by atoms with E-state index in [-0.39, 0.29) is 23.8 Å². The average Bonchev–Trinajstić information content (AvgIpc) is 3.26. The molecule has 1 N–H and O–H groups in total. The van der Waals surface area contributed by atoms with Crippen molar-refractivity contribution in [2.75, 3.05) is 18.4 Å². The summed E-state index contributed by atoms with van der Waals surface area (Å²) in [5, 5.41) is 10.6. The van der Waals surface area contributed by atoms with Gasteiger partial charge >= 0.3 is 0 Å². The van der Waals surface area contributed by atoms with E-state index in [0.717, 1.165) is 22.9 Å². The Morgan fingerprint density at radius 3 is 2.93 bits per heavy atom. The predicted octanol–water partition coefficient (Wildman–Crippen LogP) is 2.62. The average molecular weight is 426 g/mol. The maximum absolute atomic E-state index is 12.9. The number of fused-ring (bicyclic) bond motifs is 3. The number of nitrogens with one attached hydrogen (secondary N) is 1. The van der Waals surface area contributed by atoms with Gasteiger partial charge in [-0.3, -0.25) is 14.0 Å². The van der Waals surface area contributed by atoms with Gasteiger partial charge in [0.15, 0.2) is 5.65 Å². The molecular weight excluding hydrogens is 410 g/mol. The van der Waals surface area contributed by atoms with Crippen LogP contribution in [0.25, 0.3) is 5.65 Å². The van der Waals surface area contributed by atoms with Crippen molar-refractivity contribution in [3.05, 3.63) is 58.5 Å². The van der Waals surface area contributed by atoms with Crippen LogP contribution in [-0.2, 0) is 10.2 Å². The molecule has 1 aromatic carbocycles. The van der Waals surface area contributed by atoms with Crippen molar-refractivity contribution in [3.8, 4) is 0 Å². The van der Waals surface area contributed by atoms with E-state index in [4.69, 9.17) is 0 Å². The molecule has 2 amide bonds. The first kappa shape index (κ1) is 16.4. The van der Waals surface area contributed by atoms with Crippen LogP contribution in [0.4, 0.5) is 5.69 Å². The fourth-order valence-corrected chi connectivity index (χ4v) is 4.18. The van der Waals surface area contributed by atoms with Crippen LogP contribution >= 0.6 is 15.9 Å². The van der Waals surface area contributed by atoms with Crippen LogP contribution < -0.4 is 5.32 Å². The lowest BCUT2D eigenvalue weighted by molar-refractivity contribution is -0.117. The van der Waals surface area contributed by atoms with Crippen molar-refractivity contribution in [1.29, 1.82) is 0 Å². The second-order valence-corrected chi connectivity index (χ2v) is 8.11. The quantitative estimate of drug-likeness (QED) is 0.699. The molecule has 5 rings (SSSR count). The molecule has 1 aliphatic heterocycles. The van der Waals surface area contributed by atoms with Gasteiger partial charge in [-0.15, -0.1) is 10.2 Å². The molecule has 7 nitrogen and oxygen atoms in total. The van der Waals surface area contributed by atoms with Crippen molar-refractivity contribution in [2.24, 2.45) is 0 Å². The molecule has 2 aromatic heterocycles. The third-order valence-electron chi connectivity index (χ3n) is 5.33. The summed E-state index contributed by atoms with van der Waals surface area (Å²) in [7, 11) is 0. The summed E-state index contributed by atoms with van der Waals surface area (Å²) in [5.41, 5.74) is 3.17. The fourth-order valence-electron chi connectivity index (χ4n) is 3.82. The number of halogens is 1. The summed E-state index contributed by atoms with van der Waals surface area (Å²) in [5.74, 6) is -0.299. The molecule has 1 aliphatic carbocycles. The highest BCUT2D eigenvalue weighted by atomic mass is 79.9. The molecule has 1 fully saturated rings. The number of carbonyl (C=O) groups excluding carboxylic acids is 2. The van der Waals surface area contributed by atoms with Crippen LogP contribution in [0.3, 0.4) is 0 Å². The molecule has 1 saturated carbocycles. The van der Waals surface area contributed by atoms with E-state index in [0.29, 0.717) is 23.4 Å². The zero-order valence-corrected chi connectivity index (χ0v) is 15.9.